The topological polar surface area (TPSA) is 51.2 Å². The second kappa shape index (κ2) is 7.84. The molecule has 0 saturated heterocycles. The van der Waals surface area contributed by atoms with E-state index in [0.717, 1.165) is 23.9 Å². The van der Waals surface area contributed by atoms with Crippen molar-refractivity contribution in [3.63, 3.8) is 0 Å². The van der Waals surface area contributed by atoms with E-state index in [1.807, 2.05) is 26.0 Å². The van der Waals surface area contributed by atoms with Crippen molar-refractivity contribution in [2.45, 2.75) is 39.7 Å². The quantitative estimate of drug-likeness (QED) is 0.828. The van der Waals surface area contributed by atoms with Gasteiger partial charge >= 0.3 is 0 Å². The Bertz CT molecular complexity index is 719. The summed E-state index contributed by atoms with van der Waals surface area (Å²) in [6.07, 6.45) is 1.94. The molecule has 0 bridgehead atoms. The standard InChI is InChI=1S/C17H20Cl2N2O2/c1-4-5-10(2)20-15(22)9-23-17-14(19)8-13(18)12-7-6-11(3)21-16(12)17/h6-8,10H,4-5,9H2,1-3H3,(H,20,22)/t10-/m1/s1. The Kier molecular flexibility index (Phi) is 6.08. The van der Waals surface area contributed by atoms with E-state index in [4.69, 9.17) is 27.9 Å². The molecule has 2 aromatic rings. The number of hydrogen-bond donors (Lipinski definition) is 1. The van der Waals surface area contributed by atoms with Crippen LogP contribution in [0.15, 0.2) is 18.2 Å². The number of rotatable bonds is 6. The van der Waals surface area contributed by atoms with Crippen molar-refractivity contribution >= 4 is 40.0 Å². The van der Waals surface area contributed by atoms with Gasteiger partial charge < -0.3 is 10.1 Å². The predicted octanol–water partition coefficient (Wildman–Crippen LogP) is 4.53. The molecule has 124 valence electrons. The SMILES string of the molecule is CCC[C@@H](C)NC(=O)COc1c(Cl)cc(Cl)c2ccc(C)nc12. The number of amides is 1. The molecule has 23 heavy (non-hydrogen) atoms. The zero-order valence-electron chi connectivity index (χ0n) is 13.5. The molecule has 1 aromatic carbocycles. The summed E-state index contributed by atoms with van der Waals surface area (Å²) in [6.45, 7) is 5.81. The lowest BCUT2D eigenvalue weighted by Gasteiger charge is -2.15. The van der Waals surface area contributed by atoms with Crippen molar-refractivity contribution < 1.29 is 9.53 Å². The highest BCUT2D eigenvalue weighted by molar-refractivity contribution is 6.39. The number of carbonyl (C=O) groups is 1. The molecule has 6 heteroatoms. The first-order chi connectivity index (χ1) is 10.9. The third kappa shape index (κ3) is 4.49. The lowest BCUT2D eigenvalue weighted by atomic mass is 10.2. The first-order valence-corrected chi connectivity index (χ1v) is 8.35. The van der Waals surface area contributed by atoms with E-state index in [1.165, 1.54) is 0 Å². The van der Waals surface area contributed by atoms with Gasteiger partial charge in [-0.25, -0.2) is 4.98 Å². The smallest absolute Gasteiger partial charge is 0.258 e. The van der Waals surface area contributed by atoms with E-state index < -0.39 is 0 Å². The van der Waals surface area contributed by atoms with Crippen molar-refractivity contribution in [3.05, 3.63) is 33.9 Å². The molecule has 0 saturated carbocycles. The van der Waals surface area contributed by atoms with Crippen LogP contribution in [0.5, 0.6) is 5.75 Å². The van der Waals surface area contributed by atoms with Crippen LogP contribution in [0.1, 0.15) is 32.4 Å². The first-order valence-electron chi connectivity index (χ1n) is 7.60. The van der Waals surface area contributed by atoms with Crippen LogP contribution in [-0.4, -0.2) is 23.5 Å². The van der Waals surface area contributed by atoms with Gasteiger partial charge in [-0.1, -0.05) is 36.5 Å². The average Bonchev–Trinajstić information content (AvgIpc) is 2.46. The fraction of sp³-hybridized carbons (Fsp3) is 0.412. The van der Waals surface area contributed by atoms with Crippen LogP contribution in [0.25, 0.3) is 10.9 Å². The Morgan fingerprint density at radius 3 is 2.78 bits per heavy atom. The number of benzene rings is 1. The number of fused-ring (bicyclic) bond motifs is 1. The molecule has 0 spiro atoms. The molecule has 1 aromatic heterocycles. The van der Waals surface area contributed by atoms with Gasteiger partial charge in [-0.3, -0.25) is 4.79 Å². The van der Waals surface area contributed by atoms with Gasteiger partial charge in [-0.05, 0) is 38.5 Å². The maximum atomic E-state index is 12.0. The highest BCUT2D eigenvalue weighted by Gasteiger charge is 2.15. The number of hydrogen-bond acceptors (Lipinski definition) is 3. The van der Waals surface area contributed by atoms with Gasteiger partial charge in [0.2, 0.25) is 0 Å². The van der Waals surface area contributed by atoms with Gasteiger partial charge in [0.25, 0.3) is 5.91 Å². The molecule has 0 aliphatic carbocycles. The zero-order chi connectivity index (χ0) is 17.0. The van der Waals surface area contributed by atoms with E-state index in [0.29, 0.717) is 21.3 Å². The Labute approximate surface area is 146 Å². The van der Waals surface area contributed by atoms with Crippen LogP contribution in [0.2, 0.25) is 10.0 Å². The number of aryl methyl sites for hydroxylation is 1. The number of carbonyl (C=O) groups excluding carboxylic acids is 1. The van der Waals surface area contributed by atoms with Gasteiger partial charge in [0, 0.05) is 17.1 Å². The van der Waals surface area contributed by atoms with Crippen LogP contribution in [-0.2, 0) is 4.79 Å². The number of halogens is 2. The van der Waals surface area contributed by atoms with E-state index in [1.54, 1.807) is 6.07 Å². The number of ether oxygens (including phenoxy) is 1. The summed E-state index contributed by atoms with van der Waals surface area (Å²) < 4.78 is 5.64. The molecule has 0 radical (unpaired) electrons. The van der Waals surface area contributed by atoms with Crippen LogP contribution in [0.3, 0.4) is 0 Å². The second-order valence-corrected chi connectivity index (χ2v) is 6.38. The zero-order valence-corrected chi connectivity index (χ0v) is 15.0. The van der Waals surface area contributed by atoms with E-state index >= 15 is 0 Å². The molecule has 1 N–H and O–H groups in total. The average molecular weight is 355 g/mol. The fourth-order valence-corrected chi connectivity index (χ4v) is 2.96. The maximum Gasteiger partial charge on any atom is 0.258 e. The summed E-state index contributed by atoms with van der Waals surface area (Å²) in [4.78, 5) is 16.4. The summed E-state index contributed by atoms with van der Waals surface area (Å²) >= 11 is 12.4. The Morgan fingerprint density at radius 1 is 1.35 bits per heavy atom. The van der Waals surface area contributed by atoms with Crippen molar-refractivity contribution in [2.24, 2.45) is 0 Å². The van der Waals surface area contributed by atoms with Crippen molar-refractivity contribution in [1.82, 2.24) is 10.3 Å². The number of nitrogens with one attached hydrogen (secondary N) is 1. The molecule has 2 rings (SSSR count). The van der Waals surface area contributed by atoms with Gasteiger partial charge in [0.15, 0.2) is 12.4 Å². The molecule has 4 nitrogen and oxygen atoms in total. The summed E-state index contributed by atoms with van der Waals surface area (Å²) in [5.41, 5.74) is 1.39. The summed E-state index contributed by atoms with van der Waals surface area (Å²) in [6, 6.07) is 5.46. The molecule has 1 amide bonds. The predicted molar refractivity (Wildman–Crippen MR) is 94.5 cm³/mol. The fourth-order valence-electron chi connectivity index (χ4n) is 2.39. The van der Waals surface area contributed by atoms with Crippen LogP contribution in [0, 0.1) is 6.92 Å². The summed E-state index contributed by atoms with van der Waals surface area (Å²) in [5, 5.41) is 4.48. The minimum Gasteiger partial charge on any atom is -0.480 e. The summed E-state index contributed by atoms with van der Waals surface area (Å²) in [7, 11) is 0. The molecule has 1 atom stereocenters. The van der Waals surface area contributed by atoms with Crippen molar-refractivity contribution in [1.29, 1.82) is 0 Å². The molecular formula is C17H20Cl2N2O2. The molecular weight excluding hydrogens is 335 g/mol. The van der Waals surface area contributed by atoms with Crippen molar-refractivity contribution in [3.8, 4) is 5.75 Å². The number of pyridine rings is 1. The molecule has 0 unspecified atom stereocenters. The van der Waals surface area contributed by atoms with Gasteiger partial charge in [-0.2, -0.15) is 0 Å². The maximum absolute atomic E-state index is 12.0. The Balaban J connectivity index is 2.20. The largest absolute Gasteiger partial charge is 0.480 e. The molecule has 0 fully saturated rings. The van der Waals surface area contributed by atoms with Gasteiger partial charge in [-0.15, -0.1) is 0 Å². The highest BCUT2D eigenvalue weighted by atomic mass is 35.5. The number of nitrogens with zero attached hydrogens (tertiary/aromatic N) is 1. The minimum atomic E-state index is -0.183. The Morgan fingerprint density at radius 2 is 2.09 bits per heavy atom. The monoisotopic (exact) mass is 354 g/mol. The molecule has 1 heterocycles. The first kappa shape index (κ1) is 17.8. The van der Waals surface area contributed by atoms with Crippen LogP contribution in [0.4, 0.5) is 0 Å². The third-order valence-electron chi connectivity index (χ3n) is 3.45. The Hall–Kier alpha value is -1.52. The van der Waals surface area contributed by atoms with Crippen LogP contribution < -0.4 is 10.1 Å². The van der Waals surface area contributed by atoms with Gasteiger partial charge in [0.1, 0.15) is 5.52 Å². The molecule has 0 aliphatic rings. The second-order valence-electron chi connectivity index (χ2n) is 5.56. The summed E-state index contributed by atoms with van der Waals surface area (Å²) in [5.74, 6) is 0.200. The van der Waals surface area contributed by atoms with Gasteiger partial charge in [0.05, 0.1) is 10.0 Å². The highest BCUT2D eigenvalue weighted by Crippen LogP contribution is 2.37. The third-order valence-corrected chi connectivity index (χ3v) is 4.05. The lowest BCUT2D eigenvalue weighted by Crippen LogP contribution is -2.36. The van der Waals surface area contributed by atoms with E-state index in [2.05, 4.69) is 17.2 Å². The molecule has 0 aliphatic heterocycles. The lowest BCUT2D eigenvalue weighted by molar-refractivity contribution is -0.123. The number of aromatic nitrogens is 1. The van der Waals surface area contributed by atoms with Crippen molar-refractivity contribution in [2.75, 3.05) is 6.61 Å². The normalized spacial score (nSPS) is 12.2. The van der Waals surface area contributed by atoms with E-state index in [-0.39, 0.29) is 18.6 Å². The van der Waals surface area contributed by atoms with Crippen LogP contribution >= 0.6 is 23.2 Å². The minimum absolute atomic E-state index is 0.111. The van der Waals surface area contributed by atoms with E-state index in [9.17, 15) is 4.79 Å².